The van der Waals surface area contributed by atoms with Crippen LogP contribution in [0.4, 0.5) is 5.13 Å². The fraction of sp³-hybridized carbons (Fsp3) is 0. The Kier molecular flexibility index (Phi) is 3.79. The maximum absolute atomic E-state index is 11.8. The van der Waals surface area contributed by atoms with Crippen molar-refractivity contribution >= 4 is 28.5 Å². The third kappa shape index (κ3) is 2.99. The standard InChI is InChI=1S/C12H8N4OS/c13-7-10(6-9-2-1-3-14-8-9)11(17)16-12-15-4-5-18-12/h1-6,8H,(H,15,16,17)/b10-6+. The molecule has 18 heavy (non-hydrogen) atoms. The topological polar surface area (TPSA) is 78.7 Å². The molecule has 88 valence electrons. The molecule has 2 rings (SSSR count). The third-order valence-corrected chi connectivity index (χ3v) is 2.70. The predicted molar refractivity (Wildman–Crippen MR) is 68.6 cm³/mol. The van der Waals surface area contributed by atoms with Crippen molar-refractivity contribution in [1.29, 1.82) is 5.26 Å². The van der Waals surface area contributed by atoms with Crippen LogP contribution in [0.3, 0.4) is 0 Å². The summed E-state index contributed by atoms with van der Waals surface area (Å²) in [6.45, 7) is 0. The number of hydrogen-bond donors (Lipinski definition) is 1. The lowest BCUT2D eigenvalue weighted by Gasteiger charge is -1.99. The average molecular weight is 256 g/mol. The molecule has 1 N–H and O–H groups in total. The zero-order valence-electron chi connectivity index (χ0n) is 9.20. The molecule has 0 saturated heterocycles. The third-order valence-electron chi connectivity index (χ3n) is 2.01. The van der Waals surface area contributed by atoms with E-state index in [9.17, 15) is 4.79 Å². The van der Waals surface area contributed by atoms with Crippen LogP contribution in [-0.2, 0) is 4.79 Å². The summed E-state index contributed by atoms with van der Waals surface area (Å²) in [6, 6.07) is 5.36. The minimum atomic E-state index is -0.476. The molecule has 0 aliphatic rings. The highest BCUT2D eigenvalue weighted by molar-refractivity contribution is 7.13. The van der Waals surface area contributed by atoms with Crippen LogP contribution in [-0.4, -0.2) is 15.9 Å². The number of amides is 1. The molecule has 0 aliphatic carbocycles. The van der Waals surface area contributed by atoms with Crippen molar-refractivity contribution in [3.8, 4) is 6.07 Å². The van der Waals surface area contributed by atoms with Crippen LogP contribution in [0.5, 0.6) is 0 Å². The Morgan fingerprint density at radius 2 is 2.39 bits per heavy atom. The van der Waals surface area contributed by atoms with E-state index in [1.807, 2.05) is 6.07 Å². The molecule has 0 aromatic carbocycles. The van der Waals surface area contributed by atoms with Gasteiger partial charge in [-0.2, -0.15) is 5.26 Å². The zero-order chi connectivity index (χ0) is 12.8. The van der Waals surface area contributed by atoms with Crippen LogP contribution in [0.2, 0.25) is 0 Å². The Labute approximate surface area is 107 Å². The minimum absolute atomic E-state index is 0.0122. The van der Waals surface area contributed by atoms with Crippen molar-refractivity contribution in [2.45, 2.75) is 0 Å². The number of carbonyl (C=O) groups is 1. The van der Waals surface area contributed by atoms with Gasteiger partial charge in [-0.25, -0.2) is 4.98 Å². The van der Waals surface area contributed by atoms with E-state index in [-0.39, 0.29) is 5.57 Å². The van der Waals surface area contributed by atoms with E-state index < -0.39 is 5.91 Å². The van der Waals surface area contributed by atoms with E-state index in [4.69, 9.17) is 5.26 Å². The molecular weight excluding hydrogens is 248 g/mol. The molecule has 0 fully saturated rings. The number of nitriles is 1. The number of nitrogens with one attached hydrogen (secondary N) is 1. The summed E-state index contributed by atoms with van der Waals surface area (Å²) in [5.74, 6) is -0.476. The van der Waals surface area contributed by atoms with Gasteiger partial charge in [0.1, 0.15) is 11.6 Å². The lowest BCUT2D eigenvalue weighted by atomic mass is 10.2. The Hall–Kier alpha value is -2.52. The molecule has 0 saturated carbocycles. The predicted octanol–water partition coefficient (Wildman–Crippen LogP) is 2.08. The zero-order valence-corrected chi connectivity index (χ0v) is 10.0. The molecule has 1 amide bonds. The Morgan fingerprint density at radius 1 is 1.50 bits per heavy atom. The molecule has 2 aromatic heterocycles. The molecule has 0 spiro atoms. The molecule has 0 atom stereocenters. The number of thiazole rings is 1. The van der Waals surface area contributed by atoms with Gasteiger partial charge in [0, 0.05) is 24.0 Å². The van der Waals surface area contributed by atoms with Crippen molar-refractivity contribution in [3.63, 3.8) is 0 Å². The van der Waals surface area contributed by atoms with E-state index in [1.54, 1.807) is 36.1 Å². The highest BCUT2D eigenvalue weighted by atomic mass is 32.1. The van der Waals surface area contributed by atoms with Gasteiger partial charge in [-0.05, 0) is 17.7 Å². The van der Waals surface area contributed by atoms with E-state index in [0.717, 1.165) is 0 Å². The number of rotatable bonds is 3. The number of carbonyl (C=O) groups excluding carboxylic acids is 1. The Morgan fingerprint density at radius 3 is 3.00 bits per heavy atom. The van der Waals surface area contributed by atoms with Gasteiger partial charge in [0.25, 0.3) is 5.91 Å². The van der Waals surface area contributed by atoms with Crippen LogP contribution in [0.15, 0.2) is 41.7 Å². The van der Waals surface area contributed by atoms with Crippen molar-refractivity contribution in [2.24, 2.45) is 0 Å². The molecule has 0 radical (unpaired) electrons. The fourth-order valence-corrected chi connectivity index (χ4v) is 1.75. The van der Waals surface area contributed by atoms with Gasteiger partial charge in [-0.1, -0.05) is 6.07 Å². The number of aromatic nitrogens is 2. The Bertz CT molecular complexity index is 599. The van der Waals surface area contributed by atoms with Gasteiger partial charge in [0.05, 0.1) is 0 Å². The largest absolute Gasteiger partial charge is 0.297 e. The van der Waals surface area contributed by atoms with Gasteiger partial charge >= 0.3 is 0 Å². The summed E-state index contributed by atoms with van der Waals surface area (Å²) in [5, 5.41) is 13.7. The summed E-state index contributed by atoms with van der Waals surface area (Å²) in [4.78, 5) is 19.6. The molecule has 0 aliphatic heterocycles. The molecule has 0 bridgehead atoms. The highest BCUT2D eigenvalue weighted by Gasteiger charge is 2.10. The summed E-state index contributed by atoms with van der Waals surface area (Å²) in [6.07, 6.45) is 6.26. The monoisotopic (exact) mass is 256 g/mol. The van der Waals surface area contributed by atoms with Crippen LogP contribution in [0.1, 0.15) is 5.56 Å². The lowest BCUT2D eigenvalue weighted by Crippen LogP contribution is -2.13. The first-order chi connectivity index (χ1) is 8.79. The SMILES string of the molecule is N#C/C(=C\c1cccnc1)C(=O)Nc1nccs1. The minimum Gasteiger partial charge on any atom is -0.297 e. The van der Waals surface area contributed by atoms with E-state index in [0.29, 0.717) is 10.7 Å². The van der Waals surface area contributed by atoms with Gasteiger partial charge in [0.15, 0.2) is 5.13 Å². The van der Waals surface area contributed by atoms with Crippen LogP contribution in [0.25, 0.3) is 6.08 Å². The first-order valence-corrected chi connectivity index (χ1v) is 5.90. The summed E-state index contributed by atoms with van der Waals surface area (Å²) >= 11 is 1.29. The van der Waals surface area contributed by atoms with Gasteiger partial charge in [-0.15, -0.1) is 11.3 Å². The van der Waals surface area contributed by atoms with Crippen molar-refractivity contribution in [1.82, 2.24) is 9.97 Å². The van der Waals surface area contributed by atoms with E-state index >= 15 is 0 Å². The van der Waals surface area contributed by atoms with E-state index in [1.165, 1.54) is 17.4 Å². The summed E-state index contributed by atoms with van der Waals surface area (Å²) in [7, 11) is 0. The second kappa shape index (κ2) is 5.70. The smallest absolute Gasteiger partial charge is 0.268 e. The quantitative estimate of drug-likeness (QED) is 0.673. The van der Waals surface area contributed by atoms with Crippen molar-refractivity contribution in [2.75, 3.05) is 5.32 Å². The van der Waals surface area contributed by atoms with E-state index in [2.05, 4.69) is 15.3 Å². The molecule has 6 heteroatoms. The number of anilines is 1. The number of hydrogen-bond acceptors (Lipinski definition) is 5. The first kappa shape index (κ1) is 12.0. The van der Waals surface area contributed by atoms with Gasteiger partial charge < -0.3 is 0 Å². The van der Waals surface area contributed by atoms with Crippen LogP contribution >= 0.6 is 11.3 Å². The van der Waals surface area contributed by atoms with Crippen molar-refractivity contribution < 1.29 is 4.79 Å². The molecule has 2 aromatic rings. The number of nitrogens with zero attached hydrogens (tertiary/aromatic N) is 3. The number of pyridine rings is 1. The molecule has 0 unspecified atom stereocenters. The van der Waals surface area contributed by atoms with Crippen molar-refractivity contribution in [3.05, 3.63) is 47.2 Å². The fourth-order valence-electron chi connectivity index (χ4n) is 1.23. The second-order valence-electron chi connectivity index (χ2n) is 3.25. The Balaban J connectivity index is 2.17. The summed E-state index contributed by atoms with van der Waals surface area (Å²) < 4.78 is 0. The van der Waals surface area contributed by atoms with Crippen LogP contribution in [0, 0.1) is 11.3 Å². The normalized spacial score (nSPS) is 10.7. The molecular formula is C12H8N4OS. The maximum atomic E-state index is 11.8. The molecule has 2 heterocycles. The van der Waals surface area contributed by atoms with Gasteiger partial charge in [0.2, 0.25) is 0 Å². The maximum Gasteiger partial charge on any atom is 0.268 e. The average Bonchev–Trinajstić information content (AvgIpc) is 2.90. The highest BCUT2D eigenvalue weighted by Crippen LogP contribution is 2.12. The van der Waals surface area contributed by atoms with Gasteiger partial charge in [-0.3, -0.25) is 15.1 Å². The molecule has 5 nitrogen and oxygen atoms in total. The second-order valence-corrected chi connectivity index (χ2v) is 4.14. The first-order valence-electron chi connectivity index (χ1n) is 5.02. The summed E-state index contributed by atoms with van der Waals surface area (Å²) in [5.41, 5.74) is 0.710. The van der Waals surface area contributed by atoms with Crippen LogP contribution < -0.4 is 5.32 Å². The lowest BCUT2D eigenvalue weighted by molar-refractivity contribution is -0.112.